The van der Waals surface area contributed by atoms with E-state index in [0.717, 1.165) is 55.3 Å². The topological polar surface area (TPSA) is 58.5 Å². The Morgan fingerprint density at radius 2 is 2.20 bits per heavy atom. The van der Waals surface area contributed by atoms with E-state index in [9.17, 15) is 0 Å². The molecule has 1 unspecified atom stereocenters. The molecule has 1 atom stereocenters. The highest BCUT2D eigenvalue weighted by molar-refractivity contribution is 5.79. The Labute approximate surface area is 149 Å². The number of benzene rings is 1. The Morgan fingerprint density at radius 3 is 2.96 bits per heavy atom. The third-order valence-electron chi connectivity index (χ3n) is 4.17. The second-order valence-electron chi connectivity index (χ2n) is 6.13. The van der Waals surface area contributed by atoms with Gasteiger partial charge < -0.3 is 15.4 Å². The molecule has 3 rings (SSSR count). The van der Waals surface area contributed by atoms with Crippen LogP contribution in [0.15, 0.2) is 53.7 Å². The smallest absolute Gasteiger partial charge is 0.191 e. The Hall–Kier alpha value is -2.40. The highest BCUT2D eigenvalue weighted by Gasteiger charge is 2.15. The molecule has 1 aromatic heterocycles. The van der Waals surface area contributed by atoms with Gasteiger partial charge >= 0.3 is 0 Å². The fourth-order valence-corrected chi connectivity index (χ4v) is 2.89. The first kappa shape index (κ1) is 17.4. The minimum atomic E-state index is 0.302. The molecule has 0 amide bonds. The van der Waals surface area contributed by atoms with Gasteiger partial charge in [-0.05, 0) is 43.5 Å². The maximum Gasteiger partial charge on any atom is 0.191 e. The van der Waals surface area contributed by atoms with Gasteiger partial charge in [0.15, 0.2) is 5.96 Å². The molecule has 1 aliphatic heterocycles. The van der Waals surface area contributed by atoms with Crippen LogP contribution in [0, 0.1) is 0 Å². The highest BCUT2D eigenvalue weighted by atomic mass is 16.5. The third kappa shape index (κ3) is 5.29. The van der Waals surface area contributed by atoms with Gasteiger partial charge in [-0.15, -0.1) is 0 Å². The lowest BCUT2D eigenvalue weighted by Gasteiger charge is -2.14. The quantitative estimate of drug-likeness (QED) is 0.628. The fraction of sp³-hybridized carbons (Fsp3) is 0.400. The summed E-state index contributed by atoms with van der Waals surface area (Å²) in [5.74, 6) is 0.834. The van der Waals surface area contributed by atoms with E-state index in [-0.39, 0.29) is 0 Å². The number of aliphatic imine (C=N–C) groups is 1. The summed E-state index contributed by atoms with van der Waals surface area (Å²) >= 11 is 0. The number of ether oxygens (including phenoxy) is 1. The average Bonchev–Trinajstić information content (AvgIpc) is 3.18. The summed E-state index contributed by atoms with van der Waals surface area (Å²) in [6, 6.07) is 14.3. The van der Waals surface area contributed by atoms with Gasteiger partial charge in [0.2, 0.25) is 0 Å². The summed E-state index contributed by atoms with van der Waals surface area (Å²) in [5.41, 5.74) is 3.26. The number of nitrogens with one attached hydrogen (secondary N) is 2. The van der Waals surface area contributed by atoms with E-state index in [1.54, 1.807) is 0 Å². The Morgan fingerprint density at radius 1 is 1.24 bits per heavy atom. The van der Waals surface area contributed by atoms with Gasteiger partial charge in [0, 0.05) is 31.5 Å². The lowest BCUT2D eigenvalue weighted by molar-refractivity contribution is 0.114. The van der Waals surface area contributed by atoms with Crippen LogP contribution in [-0.4, -0.2) is 36.7 Å². The maximum absolute atomic E-state index is 5.66. The van der Waals surface area contributed by atoms with Gasteiger partial charge in [0.05, 0.1) is 18.3 Å². The van der Waals surface area contributed by atoms with E-state index >= 15 is 0 Å². The SMILES string of the molecule is CCNC(=NCc1cccc(-c2ccccn2)c1)NCC1CCCO1. The largest absolute Gasteiger partial charge is 0.376 e. The average molecular weight is 338 g/mol. The molecule has 1 fully saturated rings. The molecule has 1 saturated heterocycles. The number of hydrogen-bond donors (Lipinski definition) is 2. The molecule has 0 aliphatic carbocycles. The summed E-state index contributed by atoms with van der Waals surface area (Å²) in [7, 11) is 0. The van der Waals surface area contributed by atoms with Crippen molar-refractivity contribution in [2.45, 2.75) is 32.4 Å². The van der Waals surface area contributed by atoms with Crippen LogP contribution in [0.3, 0.4) is 0 Å². The van der Waals surface area contributed by atoms with Crippen molar-refractivity contribution in [3.63, 3.8) is 0 Å². The number of rotatable bonds is 6. The van der Waals surface area contributed by atoms with Crippen molar-refractivity contribution in [3.05, 3.63) is 54.2 Å². The van der Waals surface area contributed by atoms with Crippen LogP contribution in [0.4, 0.5) is 0 Å². The van der Waals surface area contributed by atoms with Gasteiger partial charge in [-0.1, -0.05) is 24.3 Å². The van der Waals surface area contributed by atoms with Gasteiger partial charge in [-0.2, -0.15) is 0 Å². The fourth-order valence-electron chi connectivity index (χ4n) is 2.89. The second kappa shape index (κ2) is 9.18. The van der Waals surface area contributed by atoms with Crippen LogP contribution in [0.2, 0.25) is 0 Å². The summed E-state index contributed by atoms with van der Waals surface area (Å²) in [6.07, 6.45) is 4.40. The van der Waals surface area contributed by atoms with E-state index in [1.807, 2.05) is 24.4 Å². The van der Waals surface area contributed by atoms with Crippen LogP contribution in [-0.2, 0) is 11.3 Å². The first-order chi connectivity index (χ1) is 12.3. The first-order valence-corrected chi connectivity index (χ1v) is 8.99. The monoisotopic (exact) mass is 338 g/mol. The molecular formula is C20H26N4O. The lowest BCUT2D eigenvalue weighted by atomic mass is 10.1. The Balaban J connectivity index is 1.63. The third-order valence-corrected chi connectivity index (χ3v) is 4.17. The summed E-state index contributed by atoms with van der Waals surface area (Å²) < 4.78 is 5.66. The van der Waals surface area contributed by atoms with E-state index < -0.39 is 0 Å². The minimum Gasteiger partial charge on any atom is -0.376 e. The van der Waals surface area contributed by atoms with E-state index in [2.05, 4.69) is 46.8 Å². The van der Waals surface area contributed by atoms with Gasteiger partial charge in [0.25, 0.3) is 0 Å². The van der Waals surface area contributed by atoms with Crippen LogP contribution >= 0.6 is 0 Å². The molecule has 0 bridgehead atoms. The van der Waals surface area contributed by atoms with Crippen molar-refractivity contribution in [2.75, 3.05) is 19.7 Å². The molecule has 2 heterocycles. The van der Waals surface area contributed by atoms with Crippen molar-refractivity contribution in [3.8, 4) is 11.3 Å². The van der Waals surface area contributed by atoms with Gasteiger partial charge in [0.1, 0.15) is 0 Å². The van der Waals surface area contributed by atoms with Gasteiger partial charge in [-0.25, -0.2) is 4.99 Å². The molecule has 2 aromatic rings. The van der Waals surface area contributed by atoms with Crippen molar-refractivity contribution < 1.29 is 4.74 Å². The van der Waals surface area contributed by atoms with Crippen molar-refractivity contribution >= 4 is 5.96 Å². The summed E-state index contributed by atoms with van der Waals surface area (Å²) in [6.45, 7) is 5.22. The van der Waals surface area contributed by atoms with Crippen molar-refractivity contribution in [2.24, 2.45) is 4.99 Å². The van der Waals surface area contributed by atoms with Gasteiger partial charge in [-0.3, -0.25) is 4.98 Å². The minimum absolute atomic E-state index is 0.302. The van der Waals surface area contributed by atoms with Crippen LogP contribution in [0.1, 0.15) is 25.3 Å². The molecule has 0 radical (unpaired) electrons. The molecule has 0 spiro atoms. The molecule has 1 aromatic carbocycles. The molecule has 2 N–H and O–H groups in total. The second-order valence-corrected chi connectivity index (χ2v) is 6.13. The number of aromatic nitrogens is 1. The number of nitrogens with zero attached hydrogens (tertiary/aromatic N) is 2. The molecule has 5 nitrogen and oxygen atoms in total. The Kier molecular flexibility index (Phi) is 6.40. The molecule has 25 heavy (non-hydrogen) atoms. The van der Waals surface area contributed by atoms with Crippen molar-refractivity contribution in [1.29, 1.82) is 0 Å². The number of hydrogen-bond acceptors (Lipinski definition) is 3. The van der Waals surface area contributed by atoms with E-state index in [0.29, 0.717) is 12.6 Å². The molecular weight excluding hydrogens is 312 g/mol. The molecule has 5 heteroatoms. The zero-order valence-corrected chi connectivity index (χ0v) is 14.7. The standard InChI is InChI=1S/C20H26N4O/c1-2-21-20(24-15-18-9-6-12-25-18)23-14-16-7-5-8-17(13-16)19-10-3-4-11-22-19/h3-5,7-8,10-11,13,18H,2,6,9,12,14-15H2,1H3,(H2,21,23,24). The molecule has 1 aliphatic rings. The lowest BCUT2D eigenvalue weighted by Crippen LogP contribution is -2.41. The highest BCUT2D eigenvalue weighted by Crippen LogP contribution is 2.18. The normalized spacial score (nSPS) is 17.5. The van der Waals surface area contributed by atoms with Crippen LogP contribution in [0.25, 0.3) is 11.3 Å². The zero-order chi connectivity index (χ0) is 17.3. The maximum atomic E-state index is 5.66. The predicted molar refractivity (Wildman–Crippen MR) is 101 cm³/mol. The number of pyridine rings is 1. The van der Waals surface area contributed by atoms with Crippen molar-refractivity contribution in [1.82, 2.24) is 15.6 Å². The van der Waals surface area contributed by atoms with E-state index in [4.69, 9.17) is 9.73 Å². The summed E-state index contributed by atoms with van der Waals surface area (Å²) in [5, 5.41) is 6.67. The van der Waals surface area contributed by atoms with E-state index in [1.165, 1.54) is 0 Å². The first-order valence-electron chi connectivity index (χ1n) is 8.99. The molecule has 0 saturated carbocycles. The number of guanidine groups is 1. The zero-order valence-electron chi connectivity index (χ0n) is 14.7. The molecule has 132 valence electrons. The Bertz CT molecular complexity index is 681. The van der Waals surface area contributed by atoms with Crippen LogP contribution < -0.4 is 10.6 Å². The predicted octanol–water partition coefficient (Wildman–Crippen LogP) is 2.98. The van der Waals surface area contributed by atoms with Crippen LogP contribution in [0.5, 0.6) is 0 Å². The summed E-state index contributed by atoms with van der Waals surface area (Å²) in [4.78, 5) is 9.11.